The van der Waals surface area contributed by atoms with Crippen LogP contribution in [-0.4, -0.2) is 54.0 Å². The van der Waals surface area contributed by atoms with Crippen LogP contribution in [0.5, 0.6) is 0 Å². The number of fused-ring (bicyclic) bond motifs is 1. The Morgan fingerprint density at radius 1 is 1.22 bits per heavy atom. The van der Waals surface area contributed by atoms with Crippen LogP contribution in [0.2, 0.25) is 0 Å². The number of anilines is 1. The van der Waals surface area contributed by atoms with Crippen LogP contribution in [0.1, 0.15) is 6.92 Å². The Bertz CT molecular complexity index is 927. The monoisotopic (exact) mass is 396 g/mol. The van der Waals surface area contributed by atoms with Gasteiger partial charge in [0.15, 0.2) is 5.71 Å². The number of nitrogens with zero attached hydrogens (tertiary/aromatic N) is 4. The number of halogens is 3. The molecule has 0 bridgehead atoms. The zero-order chi connectivity index (χ0) is 19.2. The second kappa shape index (κ2) is 6.61. The largest absolute Gasteiger partial charge is 0.436 e. The van der Waals surface area contributed by atoms with E-state index in [4.69, 9.17) is 4.74 Å². The number of alkyl halides is 3. The van der Waals surface area contributed by atoms with Gasteiger partial charge >= 0.3 is 6.18 Å². The third kappa shape index (κ3) is 3.19. The summed E-state index contributed by atoms with van der Waals surface area (Å²) in [6.45, 7) is 3.17. The molecule has 2 aromatic rings. The number of carbonyl (C=O) groups is 1. The minimum absolute atomic E-state index is 0.118. The van der Waals surface area contributed by atoms with Gasteiger partial charge in [0.25, 0.3) is 5.91 Å². The number of thiazole rings is 1. The highest BCUT2D eigenvalue weighted by atomic mass is 32.1. The molecule has 1 amide bonds. The van der Waals surface area contributed by atoms with E-state index in [9.17, 15) is 18.0 Å². The van der Waals surface area contributed by atoms with E-state index < -0.39 is 23.4 Å². The molecule has 10 heteroatoms. The Morgan fingerprint density at radius 3 is 2.59 bits per heavy atom. The van der Waals surface area contributed by atoms with Crippen molar-refractivity contribution in [3.63, 3.8) is 0 Å². The molecule has 2 aliphatic heterocycles. The van der Waals surface area contributed by atoms with E-state index in [0.717, 1.165) is 21.0 Å². The predicted octanol–water partition coefficient (Wildman–Crippen LogP) is 3.17. The molecule has 6 nitrogen and oxygen atoms in total. The first-order valence-corrected chi connectivity index (χ1v) is 9.07. The number of aromatic nitrogens is 1. The summed E-state index contributed by atoms with van der Waals surface area (Å²) in [7, 11) is 0. The highest BCUT2D eigenvalue weighted by molar-refractivity contribution is 7.22. The molecule has 1 aromatic heterocycles. The summed E-state index contributed by atoms with van der Waals surface area (Å²) in [6, 6.07) is 7.10. The average Bonchev–Trinajstić information content (AvgIpc) is 3.22. The number of morpholine rings is 1. The van der Waals surface area contributed by atoms with Gasteiger partial charge in [-0.25, -0.2) is 4.98 Å². The zero-order valence-electron chi connectivity index (χ0n) is 14.3. The zero-order valence-corrected chi connectivity index (χ0v) is 15.1. The van der Waals surface area contributed by atoms with Crippen molar-refractivity contribution < 1.29 is 22.7 Å². The fourth-order valence-electron chi connectivity index (χ4n) is 3.06. The van der Waals surface area contributed by atoms with Crippen LogP contribution >= 0.6 is 11.3 Å². The number of hydrogen-bond donors (Lipinski definition) is 0. The molecule has 4 rings (SSSR count). The van der Waals surface area contributed by atoms with E-state index in [1.807, 2.05) is 0 Å². The lowest BCUT2D eigenvalue weighted by Crippen LogP contribution is -2.38. The van der Waals surface area contributed by atoms with Gasteiger partial charge in [0.1, 0.15) is 0 Å². The van der Waals surface area contributed by atoms with Crippen molar-refractivity contribution in [3.8, 4) is 0 Å². The summed E-state index contributed by atoms with van der Waals surface area (Å²) >= 11 is 1.12. The summed E-state index contributed by atoms with van der Waals surface area (Å²) in [5, 5.41) is 4.49. The SMILES string of the molecule is C/C(=C1/C(=O)N(c2nc3ccccc3s2)N=C1C(F)(F)F)N1CCOCC1. The van der Waals surface area contributed by atoms with Crippen molar-refractivity contribution in [2.75, 3.05) is 31.3 Å². The Hall–Kier alpha value is -2.46. The molecular weight excluding hydrogens is 381 g/mol. The molecule has 1 aromatic carbocycles. The number of allylic oxidation sites excluding steroid dienone is 1. The number of hydrogen-bond acceptors (Lipinski definition) is 6. The van der Waals surface area contributed by atoms with Crippen molar-refractivity contribution >= 4 is 38.3 Å². The van der Waals surface area contributed by atoms with Gasteiger partial charge in [0, 0.05) is 18.8 Å². The molecule has 1 fully saturated rings. The van der Waals surface area contributed by atoms with E-state index in [1.165, 1.54) is 6.92 Å². The van der Waals surface area contributed by atoms with E-state index in [2.05, 4.69) is 10.1 Å². The smallest absolute Gasteiger partial charge is 0.378 e. The van der Waals surface area contributed by atoms with Gasteiger partial charge in [-0.15, -0.1) is 0 Å². The Kier molecular flexibility index (Phi) is 4.39. The number of amides is 1. The van der Waals surface area contributed by atoms with Crippen LogP contribution in [0, 0.1) is 0 Å². The topological polar surface area (TPSA) is 58.0 Å². The van der Waals surface area contributed by atoms with Gasteiger partial charge in [-0.2, -0.15) is 23.3 Å². The number of ether oxygens (including phenoxy) is 1. The van der Waals surface area contributed by atoms with Gasteiger partial charge < -0.3 is 9.64 Å². The first-order chi connectivity index (χ1) is 12.9. The molecule has 0 aliphatic carbocycles. The fourth-order valence-corrected chi connectivity index (χ4v) is 3.98. The second-order valence-corrected chi connectivity index (χ2v) is 7.10. The lowest BCUT2D eigenvalue weighted by molar-refractivity contribution is -0.114. The molecule has 0 N–H and O–H groups in total. The number of rotatable bonds is 2. The first-order valence-electron chi connectivity index (χ1n) is 8.26. The molecule has 0 atom stereocenters. The van der Waals surface area contributed by atoms with E-state index in [1.54, 1.807) is 29.2 Å². The fraction of sp³-hybridized carbons (Fsp3) is 0.353. The molecule has 2 aliphatic rings. The predicted molar refractivity (Wildman–Crippen MR) is 95.7 cm³/mol. The van der Waals surface area contributed by atoms with Crippen LogP contribution in [0.25, 0.3) is 10.2 Å². The van der Waals surface area contributed by atoms with Crippen LogP contribution in [0.15, 0.2) is 40.6 Å². The molecule has 142 valence electrons. The minimum atomic E-state index is -4.75. The summed E-state index contributed by atoms with van der Waals surface area (Å²) in [6.07, 6.45) is -4.75. The van der Waals surface area contributed by atoms with Gasteiger partial charge in [-0.3, -0.25) is 4.79 Å². The molecular formula is C17H15F3N4O2S. The highest BCUT2D eigenvalue weighted by Crippen LogP contribution is 2.36. The van der Waals surface area contributed by atoms with Crippen molar-refractivity contribution in [1.82, 2.24) is 9.88 Å². The van der Waals surface area contributed by atoms with Gasteiger partial charge in [0.05, 0.1) is 29.0 Å². The van der Waals surface area contributed by atoms with E-state index >= 15 is 0 Å². The Labute approximate surface area is 156 Å². The van der Waals surface area contributed by atoms with Crippen LogP contribution in [0.3, 0.4) is 0 Å². The van der Waals surface area contributed by atoms with Crippen molar-refractivity contribution in [2.24, 2.45) is 5.10 Å². The third-order valence-corrected chi connectivity index (χ3v) is 5.43. The molecule has 3 heterocycles. The summed E-state index contributed by atoms with van der Waals surface area (Å²) < 4.78 is 46.8. The Balaban J connectivity index is 1.79. The van der Waals surface area contributed by atoms with Crippen molar-refractivity contribution in [2.45, 2.75) is 13.1 Å². The highest BCUT2D eigenvalue weighted by Gasteiger charge is 2.49. The van der Waals surface area contributed by atoms with Gasteiger partial charge in [-0.1, -0.05) is 23.5 Å². The van der Waals surface area contributed by atoms with Gasteiger partial charge in [0.2, 0.25) is 5.13 Å². The maximum atomic E-state index is 13.6. The normalized spacial score (nSPS) is 20.4. The maximum Gasteiger partial charge on any atom is 0.436 e. The Morgan fingerprint density at radius 2 is 1.93 bits per heavy atom. The van der Waals surface area contributed by atoms with E-state index in [-0.39, 0.29) is 10.8 Å². The quantitative estimate of drug-likeness (QED) is 0.732. The number of carbonyl (C=O) groups excluding carboxylic acids is 1. The lowest BCUT2D eigenvalue weighted by Gasteiger charge is -2.30. The average molecular weight is 396 g/mol. The summed E-state index contributed by atoms with van der Waals surface area (Å²) in [4.78, 5) is 18.9. The second-order valence-electron chi connectivity index (χ2n) is 6.09. The lowest BCUT2D eigenvalue weighted by atomic mass is 10.1. The third-order valence-electron chi connectivity index (χ3n) is 4.42. The first kappa shape index (κ1) is 17.9. The van der Waals surface area contributed by atoms with Crippen molar-refractivity contribution in [1.29, 1.82) is 0 Å². The molecule has 0 radical (unpaired) electrons. The van der Waals surface area contributed by atoms with Crippen LogP contribution in [0.4, 0.5) is 18.3 Å². The standard InChI is InChI=1S/C17H15F3N4O2S/c1-10(23-6-8-26-9-7-23)13-14(17(18,19)20)22-24(15(13)25)16-21-11-4-2-3-5-12(11)27-16/h2-5H,6-9H2,1H3/b13-10-. The molecule has 0 unspecified atom stereocenters. The minimum Gasteiger partial charge on any atom is -0.378 e. The molecule has 0 spiro atoms. The van der Waals surface area contributed by atoms with Crippen LogP contribution in [-0.2, 0) is 9.53 Å². The van der Waals surface area contributed by atoms with E-state index in [0.29, 0.717) is 31.8 Å². The number of hydrazone groups is 1. The molecule has 0 saturated carbocycles. The van der Waals surface area contributed by atoms with Crippen molar-refractivity contribution in [3.05, 3.63) is 35.5 Å². The summed E-state index contributed by atoms with van der Waals surface area (Å²) in [5.74, 6) is -0.814. The molecule has 27 heavy (non-hydrogen) atoms. The number of benzene rings is 1. The molecule has 1 saturated heterocycles. The summed E-state index contributed by atoms with van der Waals surface area (Å²) in [5.41, 5.74) is -0.751. The number of para-hydroxylation sites is 1. The maximum absolute atomic E-state index is 13.6. The van der Waals surface area contributed by atoms with Gasteiger partial charge in [-0.05, 0) is 19.1 Å². The van der Waals surface area contributed by atoms with Crippen LogP contribution < -0.4 is 5.01 Å².